The van der Waals surface area contributed by atoms with Crippen molar-refractivity contribution in [3.05, 3.63) is 17.1 Å². The van der Waals surface area contributed by atoms with Gasteiger partial charge >= 0.3 is 5.97 Å². The predicted octanol–water partition coefficient (Wildman–Crippen LogP) is 2.32. The van der Waals surface area contributed by atoms with Gasteiger partial charge in [-0.05, 0) is 19.8 Å². The molecule has 0 amide bonds. The summed E-state index contributed by atoms with van der Waals surface area (Å²) in [4.78, 5) is 19.9. The van der Waals surface area contributed by atoms with Crippen molar-refractivity contribution in [3.8, 4) is 0 Å². The van der Waals surface area contributed by atoms with Crippen molar-refractivity contribution in [1.29, 1.82) is 0 Å². The van der Waals surface area contributed by atoms with Gasteiger partial charge < -0.3 is 9.84 Å². The molecule has 2 heterocycles. The number of carboxylic acids is 1. The second-order valence-corrected chi connectivity index (χ2v) is 5.52. The molecule has 1 aliphatic rings. The lowest BCUT2D eigenvalue weighted by molar-refractivity contribution is 0.0690. The Morgan fingerprint density at radius 1 is 1.53 bits per heavy atom. The molecule has 19 heavy (non-hydrogen) atoms. The van der Waals surface area contributed by atoms with Gasteiger partial charge in [0.2, 0.25) is 0 Å². The molecule has 0 spiro atoms. The Bertz CT molecular complexity index is 473. The molecule has 5 nitrogen and oxygen atoms in total. The van der Waals surface area contributed by atoms with E-state index in [-0.39, 0.29) is 11.7 Å². The molecule has 0 bridgehead atoms. The van der Waals surface area contributed by atoms with E-state index in [2.05, 4.69) is 9.97 Å². The first kappa shape index (κ1) is 14.3. The van der Waals surface area contributed by atoms with Crippen molar-refractivity contribution in [2.75, 3.05) is 12.4 Å². The molecule has 6 heteroatoms. The standard InChI is InChI=1S/C13H18N2O3S/c1-3-10-14-8(2)11(13(16)17)12(15-10)19-7-9-5-4-6-18-9/h9H,3-7H2,1-2H3,(H,16,17). The second kappa shape index (κ2) is 6.34. The fraction of sp³-hybridized carbons (Fsp3) is 0.615. The highest BCUT2D eigenvalue weighted by molar-refractivity contribution is 7.99. The molecule has 1 unspecified atom stereocenters. The summed E-state index contributed by atoms with van der Waals surface area (Å²) in [5, 5.41) is 9.84. The fourth-order valence-corrected chi connectivity index (χ4v) is 3.21. The van der Waals surface area contributed by atoms with Gasteiger partial charge in [-0.15, -0.1) is 11.8 Å². The van der Waals surface area contributed by atoms with Gasteiger partial charge in [-0.1, -0.05) is 6.92 Å². The Balaban J connectivity index is 2.20. The van der Waals surface area contributed by atoms with Crippen LogP contribution in [0.3, 0.4) is 0 Å². The van der Waals surface area contributed by atoms with E-state index in [4.69, 9.17) is 4.74 Å². The van der Waals surface area contributed by atoms with Gasteiger partial charge in [-0.2, -0.15) is 0 Å². The first-order valence-electron chi connectivity index (χ1n) is 6.47. The summed E-state index contributed by atoms with van der Waals surface area (Å²) in [5.74, 6) is 0.479. The monoisotopic (exact) mass is 282 g/mol. The average molecular weight is 282 g/mol. The van der Waals surface area contributed by atoms with Gasteiger partial charge in [-0.25, -0.2) is 14.8 Å². The molecule has 1 N–H and O–H groups in total. The molecule has 1 fully saturated rings. The van der Waals surface area contributed by atoms with E-state index in [1.807, 2.05) is 6.92 Å². The average Bonchev–Trinajstić information content (AvgIpc) is 2.88. The zero-order chi connectivity index (χ0) is 13.8. The van der Waals surface area contributed by atoms with Crippen LogP contribution in [0.2, 0.25) is 0 Å². The zero-order valence-corrected chi connectivity index (χ0v) is 12.0. The highest BCUT2D eigenvalue weighted by atomic mass is 32.2. The summed E-state index contributed by atoms with van der Waals surface area (Å²) in [7, 11) is 0. The summed E-state index contributed by atoms with van der Waals surface area (Å²) in [6, 6.07) is 0. The van der Waals surface area contributed by atoms with Crippen molar-refractivity contribution in [2.45, 2.75) is 44.2 Å². The fourth-order valence-electron chi connectivity index (χ4n) is 2.06. The zero-order valence-electron chi connectivity index (χ0n) is 11.2. The third kappa shape index (κ3) is 3.45. The molecule has 1 aromatic rings. The van der Waals surface area contributed by atoms with Crippen LogP contribution in [0.4, 0.5) is 0 Å². The van der Waals surface area contributed by atoms with Crippen molar-refractivity contribution in [2.24, 2.45) is 0 Å². The van der Waals surface area contributed by atoms with E-state index in [9.17, 15) is 9.90 Å². The maximum absolute atomic E-state index is 11.3. The number of rotatable bonds is 5. The molecule has 0 aromatic carbocycles. The minimum absolute atomic E-state index is 0.215. The topological polar surface area (TPSA) is 72.3 Å². The van der Waals surface area contributed by atoms with Crippen molar-refractivity contribution in [1.82, 2.24) is 9.97 Å². The maximum Gasteiger partial charge on any atom is 0.340 e. The molecule has 1 aromatic heterocycles. The molecule has 1 saturated heterocycles. The van der Waals surface area contributed by atoms with Gasteiger partial charge in [0.05, 0.1) is 11.8 Å². The molecular weight excluding hydrogens is 264 g/mol. The van der Waals surface area contributed by atoms with Gasteiger partial charge in [0.15, 0.2) is 0 Å². The number of thioether (sulfide) groups is 1. The van der Waals surface area contributed by atoms with Crippen LogP contribution < -0.4 is 0 Å². The number of carboxylic acid groups (broad SMARTS) is 1. The van der Waals surface area contributed by atoms with Crippen LogP contribution in [0.1, 0.15) is 41.6 Å². The SMILES string of the molecule is CCc1nc(C)c(C(=O)O)c(SCC2CCCO2)n1. The van der Waals surface area contributed by atoms with Gasteiger partial charge in [0.25, 0.3) is 0 Å². The summed E-state index contributed by atoms with van der Waals surface area (Å²) >= 11 is 1.46. The van der Waals surface area contributed by atoms with Crippen LogP contribution >= 0.6 is 11.8 Å². The van der Waals surface area contributed by atoms with Crippen LogP contribution in [-0.4, -0.2) is 39.5 Å². The minimum Gasteiger partial charge on any atom is -0.478 e. The Hall–Kier alpha value is -1.14. The summed E-state index contributed by atoms with van der Waals surface area (Å²) < 4.78 is 5.55. The van der Waals surface area contributed by atoms with Crippen molar-refractivity contribution in [3.63, 3.8) is 0 Å². The summed E-state index contributed by atoms with van der Waals surface area (Å²) in [5.41, 5.74) is 0.759. The molecular formula is C13H18N2O3S. The number of aromatic nitrogens is 2. The Kier molecular flexibility index (Phi) is 4.76. The van der Waals surface area contributed by atoms with Crippen molar-refractivity contribution >= 4 is 17.7 Å². The number of nitrogens with zero attached hydrogens (tertiary/aromatic N) is 2. The smallest absolute Gasteiger partial charge is 0.340 e. The van der Waals surface area contributed by atoms with Crippen LogP contribution in [0, 0.1) is 6.92 Å². The number of hydrogen-bond donors (Lipinski definition) is 1. The summed E-state index contributed by atoms with van der Waals surface area (Å²) in [6.45, 7) is 4.49. The number of carbonyl (C=O) groups is 1. The van der Waals surface area contributed by atoms with E-state index < -0.39 is 5.97 Å². The number of aromatic carboxylic acids is 1. The number of aryl methyl sites for hydroxylation is 2. The van der Waals surface area contributed by atoms with E-state index >= 15 is 0 Å². The van der Waals surface area contributed by atoms with Crippen molar-refractivity contribution < 1.29 is 14.6 Å². The predicted molar refractivity (Wildman–Crippen MR) is 72.8 cm³/mol. The Morgan fingerprint density at radius 3 is 2.89 bits per heavy atom. The Labute approximate surface area is 116 Å². The molecule has 1 aliphatic heterocycles. The lowest BCUT2D eigenvalue weighted by atomic mass is 10.2. The van der Waals surface area contributed by atoms with E-state index in [0.717, 1.165) is 25.2 Å². The van der Waals surface area contributed by atoms with E-state index in [1.54, 1.807) is 6.92 Å². The van der Waals surface area contributed by atoms with E-state index in [1.165, 1.54) is 11.8 Å². The van der Waals surface area contributed by atoms with Crippen LogP contribution in [0.15, 0.2) is 5.03 Å². The van der Waals surface area contributed by atoms with E-state index in [0.29, 0.717) is 23.0 Å². The first-order valence-corrected chi connectivity index (χ1v) is 7.45. The lowest BCUT2D eigenvalue weighted by Gasteiger charge is -2.12. The normalized spacial score (nSPS) is 18.7. The molecule has 1 atom stereocenters. The van der Waals surface area contributed by atoms with Crippen LogP contribution in [0.5, 0.6) is 0 Å². The Morgan fingerprint density at radius 2 is 2.32 bits per heavy atom. The first-order chi connectivity index (χ1) is 9.11. The van der Waals surface area contributed by atoms with Gasteiger partial charge in [0, 0.05) is 18.8 Å². The summed E-state index contributed by atoms with van der Waals surface area (Å²) in [6.07, 6.45) is 3.04. The molecule has 0 radical (unpaired) electrons. The third-order valence-corrected chi connectivity index (χ3v) is 4.17. The van der Waals surface area contributed by atoms with Crippen LogP contribution in [0.25, 0.3) is 0 Å². The lowest BCUT2D eigenvalue weighted by Crippen LogP contribution is -2.12. The molecule has 104 valence electrons. The molecule has 0 aliphatic carbocycles. The minimum atomic E-state index is -0.963. The maximum atomic E-state index is 11.3. The number of hydrogen-bond acceptors (Lipinski definition) is 5. The van der Waals surface area contributed by atoms with Gasteiger partial charge in [-0.3, -0.25) is 0 Å². The second-order valence-electron chi connectivity index (χ2n) is 4.51. The number of ether oxygens (including phenoxy) is 1. The third-order valence-electron chi connectivity index (χ3n) is 3.06. The largest absolute Gasteiger partial charge is 0.478 e. The highest BCUT2D eigenvalue weighted by Gasteiger charge is 2.21. The molecule has 2 rings (SSSR count). The quantitative estimate of drug-likeness (QED) is 0.660. The highest BCUT2D eigenvalue weighted by Crippen LogP contribution is 2.26. The van der Waals surface area contributed by atoms with Gasteiger partial charge in [0.1, 0.15) is 16.4 Å². The molecule has 0 saturated carbocycles. The van der Waals surface area contributed by atoms with Crippen LogP contribution in [-0.2, 0) is 11.2 Å².